The Labute approximate surface area is 111 Å². The Kier molecular flexibility index (Phi) is 3.79. The number of hydrogen-bond donors (Lipinski definition) is 0. The van der Waals surface area contributed by atoms with Crippen LogP contribution in [-0.2, 0) is 0 Å². The van der Waals surface area contributed by atoms with Gasteiger partial charge in [0.1, 0.15) is 5.82 Å². The number of alkyl halides is 1. The SMILES string of the molecule is CCC(Cl)c1noc(-c2ccc(Br)cc2F)n1. The summed E-state index contributed by atoms with van der Waals surface area (Å²) >= 11 is 9.15. The van der Waals surface area contributed by atoms with Crippen LogP contribution in [0.15, 0.2) is 27.2 Å². The van der Waals surface area contributed by atoms with Gasteiger partial charge in [-0.25, -0.2) is 4.39 Å². The summed E-state index contributed by atoms with van der Waals surface area (Å²) in [4.78, 5) is 4.08. The van der Waals surface area contributed by atoms with Gasteiger partial charge in [-0.1, -0.05) is 28.0 Å². The van der Waals surface area contributed by atoms with Crippen molar-refractivity contribution in [2.24, 2.45) is 0 Å². The maximum atomic E-state index is 13.6. The second-order valence-corrected chi connectivity index (χ2v) is 4.90. The van der Waals surface area contributed by atoms with E-state index in [9.17, 15) is 4.39 Å². The van der Waals surface area contributed by atoms with Gasteiger partial charge in [0, 0.05) is 4.47 Å². The predicted molar refractivity (Wildman–Crippen MR) is 66.3 cm³/mol. The van der Waals surface area contributed by atoms with E-state index in [1.54, 1.807) is 12.1 Å². The van der Waals surface area contributed by atoms with Crippen molar-refractivity contribution in [3.05, 3.63) is 34.3 Å². The molecule has 1 atom stereocenters. The van der Waals surface area contributed by atoms with Crippen molar-refractivity contribution in [3.8, 4) is 11.5 Å². The minimum Gasteiger partial charge on any atom is -0.334 e. The molecule has 1 aromatic carbocycles. The van der Waals surface area contributed by atoms with Gasteiger partial charge in [-0.05, 0) is 24.6 Å². The highest BCUT2D eigenvalue weighted by molar-refractivity contribution is 9.10. The summed E-state index contributed by atoms with van der Waals surface area (Å²) in [5.41, 5.74) is 0.270. The van der Waals surface area contributed by atoms with E-state index < -0.39 is 5.82 Å². The fraction of sp³-hybridized carbons (Fsp3) is 0.273. The van der Waals surface area contributed by atoms with Gasteiger partial charge < -0.3 is 4.52 Å². The van der Waals surface area contributed by atoms with Crippen molar-refractivity contribution < 1.29 is 8.91 Å². The van der Waals surface area contributed by atoms with Gasteiger partial charge in [-0.15, -0.1) is 11.6 Å². The molecule has 0 amide bonds. The van der Waals surface area contributed by atoms with Gasteiger partial charge in [0.15, 0.2) is 5.82 Å². The second kappa shape index (κ2) is 5.14. The summed E-state index contributed by atoms with van der Waals surface area (Å²) in [7, 11) is 0. The minimum absolute atomic E-state index is 0.143. The molecule has 90 valence electrons. The lowest BCUT2D eigenvalue weighted by atomic mass is 10.2. The average Bonchev–Trinajstić information content (AvgIpc) is 2.77. The van der Waals surface area contributed by atoms with Crippen molar-refractivity contribution in [3.63, 3.8) is 0 Å². The average molecular weight is 320 g/mol. The van der Waals surface area contributed by atoms with Crippen LogP contribution in [0.1, 0.15) is 24.5 Å². The molecule has 0 aliphatic carbocycles. The first kappa shape index (κ1) is 12.5. The van der Waals surface area contributed by atoms with Crippen molar-refractivity contribution >= 4 is 27.5 Å². The molecule has 0 saturated carbocycles. The Morgan fingerprint density at radius 2 is 2.29 bits per heavy atom. The Morgan fingerprint density at radius 1 is 1.53 bits per heavy atom. The molecule has 0 aliphatic rings. The fourth-order valence-corrected chi connectivity index (χ4v) is 1.74. The Hall–Kier alpha value is -0.940. The molecule has 0 spiro atoms. The van der Waals surface area contributed by atoms with E-state index in [0.29, 0.717) is 16.7 Å². The zero-order chi connectivity index (χ0) is 12.4. The van der Waals surface area contributed by atoms with Crippen molar-refractivity contribution in [2.45, 2.75) is 18.7 Å². The topological polar surface area (TPSA) is 38.9 Å². The van der Waals surface area contributed by atoms with Crippen LogP contribution < -0.4 is 0 Å². The van der Waals surface area contributed by atoms with Gasteiger partial charge in [-0.3, -0.25) is 0 Å². The van der Waals surface area contributed by atoms with Crippen molar-refractivity contribution in [2.75, 3.05) is 0 Å². The third-order valence-corrected chi connectivity index (χ3v) is 3.24. The quantitative estimate of drug-likeness (QED) is 0.791. The van der Waals surface area contributed by atoms with Crippen LogP contribution in [0.2, 0.25) is 0 Å². The Balaban J connectivity index is 2.37. The Morgan fingerprint density at radius 3 is 2.94 bits per heavy atom. The summed E-state index contributed by atoms with van der Waals surface area (Å²) in [6.45, 7) is 1.91. The van der Waals surface area contributed by atoms with E-state index in [4.69, 9.17) is 16.1 Å². The van der Waals surface area contributed by atoms with Gasteiger partial charge in [-0.2, -0.15) is 4.98 Å². The molecule has 1 unspecified atom stereocenters. The lowest BCUT2D eigenvalue weighted by Gasteiger charge is -1.98. The standard InChI is InChI=1S/C11H9BrClFN2O/c1-2-8(13)10-15-11(17-16-10)7-4-3-6(12)5-9(7)14/h3-5,8H,2H2,1H3. The summed E-state index contributed by atoms with van der Waals surface area (Å²) in [5.74, 6) is 0.104. The van der Waals surface area contributed by atoms with Crippen LogP contribution in [0.4, 0.5) is 4.39 Å². The third kappa shape index (κ3) is 2.66. The zero-order valence-electron chi connectivity index (χ0n) is 8.95. The summed E-state index contributed by atoms with van der Waals surface area (Å²) in [6, 6.07) is 4.63. The van der Waals surface area contributed by atoms with Gasteiger partial charge in [0.25, 0.3) is 5.89 Å². The summed E-state index contributed by atoms with van der Waals surface area (Å²) < 4.78 is 19.3. The molecule has 1 heterocycles. The van der Waals surface area contributed by atoms with Crippen LogP contribution >= 0.6 is 27.5 Å². The lowest BCUT2D eigenvalue weighted by Crippen LogP contribution is -1.91. The second-order valence-electron chi connectivity index (χ2n) is 3.46. The van der Waals surface area contributed by atoms with E-state index in [1.807, 2.05) is 6.92 Å². The molecule has 1 aromatic heterocycles. The predicted octanol–water partition coefficient (Wildman–Crippen LogP) is 4.33. The molecule has 6 heteroatoms. The number of aromatic nitrogens is 2. The highest BCUT2D eigenvalue weighted by Gasteiger charge is 2.17. The molecule has 2 rings (SSSR count). The number of benzene rings is 1. The van der Waals surface area contributed by atoms with E-state index in [0.717, 1.165) is 0 Å². The van der Waals surface area contributed by atoms with Crippen molar-refractivity contribution in [1.29, 1.82) is 0 Å². The number of rotatable bonds is 3. The Bertz CT molecular complexity index is 532. The van der Waals surface area contributed by atoms with E-state index in [2.05, 4.69) is 26.1 Å². The maximum absolute atomic E-state index is 13.6. The van der Waals surface area contributed by atoms with Gasteiger partial charge >= 0.3 is 0 Å². The molecule has 0 bridgehead atoms. The zero-order valence-corrected chi connectivity index (χ0v) is 11.3. The van der Waals surface area contributed by atoms with E-state index in [1.165, 1.54) is 6.07 Å². The molecule has 0 aliphatic heterocycles. The smallest absolute Gasteiger partial charge is 0.260 e. The summed E-state index contributed by atoms with van der Waals surface area (Å²) in [5, 5.41) is 3.42. The largest absolute Gasteiger partial charge is 0.334 e. The van der Waals surface area contributed by atoms with E-state index >= 15 is 0 Å². The van der Waals surface area contributed by atoms with Crippen LogP contribution in [0, 0.1) is 5.82 Å². The molecular weight excluding hydrogens is 310 g/mol. The van der Waals surface area contributed by atoms with Crippen LogP contribution in [0.25, 0.3) is 11.5 Å². The molecule has 0 saturated heterocycles. The van der Waals surface area contributed by atoms with Crippen molar-refractivity contribution in [1.82, 2.24) is 10.1 Å². The number of hydrogen-bond acceptors (Lipinski definition) is 3. The van der Waals surface area contributed by atoms with Gasteiger partial charge in [0.05, 0.1) is 10.9 Å². The maximum Gasteiger partial charge on any atom is 0.260 e. The normalized spacial score (nSPS) is 12.7. The molecule has 0 fully saturated rings. The molecule has 17 heavy (non-hydrogen) atoms. The third-order valence-electron chi connectivity index (χ3n) is 2.24. The van der Waals surface area contributed by atoms with Crippen LogP contribution in [0.5, 0.6) is 0 Å². The first-order chi connectivity index (χ1) is 8.11. The highest BCUT2D eigenvalue weighted by Crippen LogP contribution is 2.27. The van der Waals surface area contributed by atoms with E-state index in [-0.39, 0.29) is 16.8 Å². The first-order valence-corrected chi connectivity index (χ1v) is 6.28. The van der Waals surface area contributed by atoms with Crippen LogP contribution in [0.3, 0.4) is 0 Å². The first-order valence-electron chi connectivity index (χ1n) is 5.05. The molecular formula is C11H9BrClFN2O. The monoisotopic (exact) mass is 318 g/mol. The summed E-state index contributed by atoms with van der Waals surface area (Å²) in [6.07, 6.45) is 0.684. The molecule has 0 N–H and O–H groups in total. The minimum atomic E-state index is -0.419. The molecule has 3 nitrogen and oxygen atoms in total. The fourth-order valence-electron chi connectivity index (χ4n) is 1.32. The number of nitrogens with zero attached hydrogens (tertiary/aromatic N) is 2. The molecule has 0 radical (unpaired) electrons. The lowest BCUT2D eigenvalue weighted by molar-refractivity contribution is 0.419. The van der Waals surface area contributed by atoms with Crippen LogP contribution in [-0.4, -0.2) is 10.1 Å². The molecule has 2 aromatic rings. The highest BCUT2D eigenvalue weighted by atomic mass is 79.9. The number of halogens is 3. The van der Waals surface area contributed by atoms with Gasteiger partial charge in [0.2, 0.25) is 0 Å².